The Bertz CT molecular complexity index is 793. The van der Waals surface area contributed by atoms with Gasteiger partial charge in [-0.05, 0) is 43.2 Å². The molecule has 6 heteroatoms. The van der Waals surface area contributed by atoms with Crippen LogP contribution in [0.3, 0.4) is 0 Å². The molecular weight excluding hydrogens is 322 g/mol. The van der Waals surface area contributed by atoms with Crippen LogP contribution in [0, 0.1) is 13.8 Å². The molecule has 0 fully saturated rings. The molecular formula is C19H19NO5. The molecule has 0 bridgehead atoms. The summed E-state index contributed by atoms with van der Waals surface area (Å²) in [5.74, 6) is -1.68. The van der Waals surface area contributed by atoms with Gasteiger partial charge in [0.2, 0.25) is 0 Å². The van der Waals surface area contributed by atoms with Gasteiger partial charge < -0.3 is 14.8 Å². The van der Waals surface area contributed by atoms with Crippen LogP contribution in [0.5, 0.6) is 0 Å². The molecule has 0 aromatic heterocycles. The molecule has 0 heterocycles. The van der Waals surface area contributed by atoms with Gasteiger partial charge in [0.15, 0.2) is 6.61 Å². The van der Waals surface area contributed by atoms with E-state index in [4.69, 9.17) is 4.74 Å². The normalized spacial score (nSPS) is 10.0. The molecule has 2 aromatic rings. The van der Waals surface area contributed by atoms with Crippen LogP contribution in [-0.2, 0) is 14.3 Å². The van der Waals surface area contributed by atoms with Gasteiger partial charge in [0, 0.05) is 5.69 Å². The van der Waals surface area contributed by atoms with Crippen LogP contribution in [0.2, 0.25) is 0 Å². The van der Waals surface area contributed by atoms with Crippen molar-refractivity contribution in [2.75, 3.05) is 19.0 Å². The number of aryl methyl sites for hydroxylation is 2. The number of anilines is 1. The predicted octanol–water partition coefficient (Wildman–Crippen LogP) is 2.89. The standard InChI is InChI=1S/C19H19NO5/c1-12-6-4-7-13(2)17(12)20-16(21)11-25-19(23)15-9-5-8-14(10-15)18(22)24-3/h4-10H,11H2,1-3H3,(H,20,21). The van der Waals surface area contributed by atoms with Crippen molar-refractivity contribution in [2.45, 2.75) is 13.8 Å². The fourth-order valence-electron chi connectivity index (χ4n) is 2.29. The lowest BCUT2D eigenvalue weighted by Crippen LogP contribution is -2.22. The average molecular weight is 341 g/mol. The number of ether oxygens (including phenoxy) is 2. The molecule has 1 amide bonds. The first-order chi connectivity index (χ1) is 11.9. The first-order valence-electron chi connectivity index (χ1n) is 7.64. The first-order valence-corrected chi connectivity index (χ1v) is 7.64. The molecule has 0 aliphatic rings. The van der Waals surface area contributed by atoms with Crippen molar-refractivity contribution < 1.29 is 23.9 Å². The smallest absolute Gasteiger partial charge is 0.338 e. The van der Waals surface area contributed by atoms with Crippen LogP contribution in [-0.4, -0.2) is 31.6 Å². The van der Waals surface area contributed by atoms with Crippen molar-refractivity contribution >= 4 is 23.5 Å². The second kappa shape index (κ2) is 8.10. The van der Waals surface area contributed by atoms with E-state index < -0.39 is 24.5 Å². The second-order valence-corrected chi connectivity index (χ2v) is 5.46. The average Bonchev–Trinajstić information content (AvgIpc) is 2.62. The molecule has 0 spiro atoms. The summed E-state index contributed by atoms with van der Waals surface area (Å²) < 4.78 is 9.61. The molecule has 1 N–H and O–H groups in total. The third kappa shape index (κ3) is 4.67. The van der Waals surface area contributed by atoms with Crippen LogP contribution >= 0.6 is 0 Å². The van der Waals surface area contributed by atoms with Crippen LogP contribution in [0.4, 0.5) is 5.69 Å². The highest BCUT2D eigenvalue weighted by Gasteiger charge is 2.14. The van der Waals surface area contributed by atoms with E-state index in [2.05, 4.69) is 10.1 Å². The van der Waals surface area contributed by atoms with Crippen molar-refractivity contribution in [3.8, 4) is 0 Å². The molecule has 25 heavy (non-hydrogen) atoms. The maximum Gasteiger partial charge on any atom is 0.338 e. The number of hydrogen-bond donors (Lipinski definition) is 1. The Morgan fingerprint density at radius 1 is 0.920 bits per heavy atom. The highest BCUT2D eigenvalue weighted by atomic mass is 16.5. The number of carbonyl (C=O) groups is 3. The zero-order chi connectivity index (χ0) is 18.4. The van der Waals surface area contributed by atoms with E-state index in [0.29, 0.717) is 5.69 Å². The fourth-order valence-corrected chi connectivity index (χ4v) is 2.29. The van der Waals surface area contributed by atoms with E-state index in [1.807, 2.05) is 32.0 Å². The Balaban J connectivity index is 1.98. The van der Waals surface area contributed by atoms with Crippen molar-refractivity contribution in [1.29, 1.82) is 0 Å². The summed E-state index contributed by atoms with van der Waals surface area (Å²) in [6.45, 7) is 3.34. The van der Waals surface area contributed by atoms with Crippen LogP contribution in [0.15, 0.2) is 42.5 Å². The van der Waals surface area contributed by atoms with E-state index >= 15 is 0 Å². The van der Waals surface area contributed by atoms with E-state index in [9.17, 15) is 14.4 Å². The summed E-state index contributed by atoms with van der Waals surface area (Å²) >= 11 is 0. The molecule has 0 aliphatic heterocycles. The molecule has 0 atom stereocenters. The van der Waals surface area contributed by atoms with Crippen molar-refractivity contribution in [2.24, 2.45) is 0 Å². The first kappa shape index (κ1) is 18.2. The zero-order valence-electron chi connectivity index (χ0n) is 14.3. The summed E-state index contributed by atoms with van der Waals surface area (Å²) in [6.07, 6.45) is 0. The number of rotatable bonds is 5. The van der Waals surface area contributed by atoms with Crippen LogP contribution in [0.1, 0.15) is 31.8 Å². The molecule has 0 saturated heterocycles. The zero-order valence-corrected chi connectivity index (χ0v) is 14.3. The minimum absolute atomic E-state index is 0.169. The lowest BCUT2D eigenvalue weighted by Gasteiger charge is -2.11. The molecule has 0 radical (unpaired) electrons. The minimum atomic E-state index is -0.692. The topological polar surface area (TPSA) is 81.7 Å². The number of benzene rings is 2. The van der Waals surface area contributed by atoms with Gasteiger partial charge >= 0.3 is 11.9 Å². The molecule has 0 aliphatic carbocycles. The number of methoxy groups -OCH3 is 1. The summed E-state index contributed by atoms with van der Waals surface area (Å²) in [4.78, 5) is 35.5. The third-order valence-corrected chi connectivity index (χ3v) is 3.60. The summed E-state index contributed by atoms with van der Waals surface area (Å²) in [5.41, 5.74) is 2.95. The van der Waals surface area contributed by atoms with Gasteiger partial charge in [-0.15, -0.1) is 0 Å². The Hall–Kier alpha value is -3.15. The van der Waals surface area contributed by atoms with E-state index in [1.165, 1.54) is 25.3 Å². The number of amides is 1. The number of nitrogens with one attached hydrogen (secondary N) is 1. The lowest BCUT2D eigenvalue weighted by molar-refractivity contribution is -0.119. The van der Waals surface area contributed by atoms with E-state index in [0.717, 1.165) is 11.1 Å². The third-order valence-electron chi connectivity index (χ3n) is 3.60. The Morgan fingerprint density at radius 2 is 1.48 bits per heavy atom. The Morgan fingerprint density at radius 3 is 2.08 bits per heavy atom. The number of carbonyl (C=O) groups excluding carboxylic acids is 3. The van der Waals surface area contributed by atoms with Gasteiger partial charge in [0.1, 0.15) is 0 Å². The molecule has 2 rings (SSSR count). The fraction of sp³-hybridized carbons (Fsp3) is 0.211. The van der Waals surface area contributed by atoms with Gasteiger partial charge in [-0.2, -0.15) is 0 Å². The molecule has 6 nitrogen and oxygen atoms in total. The van der Waals surface area contributed by atoms with Crippen molar-refractivity contribution in [1.82, 2.24) is 0 Å². The molecule has 130 valence electrons. The number of para-hydroxylation sites is 1. The highest BCUT2D eigenvalue weighted by molar-refractivity contribution is 5.98. The van der Waals surface area contributed by atoms with Gasteiger partial charge in [0.05, 0.1) is 18.2 Å². The lowest BCUT2D eigenvalue weighted by atomic mass is 10.1. The van der Waals surface area contributed by atoms with Gasteiger partial charge in [-0.3, -0.25) is 4.79 Å². The number of hydrogen-bond acceptors (Lipinski definition) is 5. The molecule has 2 aromatic carbocycles. The van der Waals surface area contributed by atoms with Gasteiger partial charge in [-0.25, -0.2) is 9.59 Å². The van der Waals surface area contributed by atoms with E-state index in [1.54, 1.807) is 6.07 Å². The predicted molar refractivity (Wildman–Crippen MR) is 92.6 cm³/mol. The maximum atomic E-state index is 12.0. The van der Waals surface area contributed by atoms with Crippen LogP contribution in [0.25, 0.3) is 0 Å². The highest BCUT2D eigenvalue weighted by Crippen LogP contribution is 2.19. The largest absolute Gasteiger partial charge is 0.465 e. The SMILES string of the molecule is COC(=O)c1cccc(C(=O)OCC(=O)Nc2c(C)cccc2C)c1. The molecule has 0 unspecified atom stereocenters. The summed E-state index contributed by atoms with van der Waals surface area (Å²) in [5, 5.41) is 2.73. The monoisotopic (exact) mass is 341 g/mol. The van der Waals surface area contributed by atoms with Crippen molar-refractivity contribution in [3.05, 3.63) is 64.7 Å². The second-order valence-electron chi connectivity index (χ2n) is 5.46. The quantitative estimate of drug-likeness (QED) is 0.846. The Labute approximate surface area is 145 Å². The van der Waals surface area contributed by atoms with Crippen molar-refractivity contribution in [3.63, 3.8) is 0 Å². The molecule has 0 saturated carbocycles. The number of esters is 2. The Kier molecular flexibility index (Phi) is 5.89. The van der Waals surface area contributed by atoms with Gasteiger partial charge in [-0.1, -0.05) is 24.3 Å². The summed E-state index contributed by atoms with van der Waals surface area (Å²) in [6, 6.07) is 11.6. The van der Waals surface area contributed by atoms with E-state index in [-0.39, 0.29) is 11.1 Å². The minimum Gasteiger partial charge on any atom is -0.465 e. The van der Waals surface area contributed by atoms with Gasteiger partial charge in [0.25, 0.3) is 5.91 Å². The van der Waals surface area contributed by atoms with Crippen LogP contribution < -0.4 is 5.32 Å². The summed E-state index contributed by atoms with van der Waals surface area (Å²) in [7, 11) is 1.26. The maximum absolute atomic E-state index is 12.0.